The van der Waals surface area contributed by atoms with Crippen molar-refractivity contribution in [1.29, 1.82) is 0 Å². The number of hydrogen-bond donors (Lipinski definition) is 2. The molecule has 1 aromatic carbocycles. The summed E-state index contributed by atoms with van der Waals surface area (Å²) in [6.45, 7) is 4.97. The fraction of sp³-hybridized carbons (Fsp3) is 0.556. The van der Waals surface area contributed by atoms with Crippen molar-refractivity contribution in [2.24, 2.45) is 5.92 Å². The van der Waals surface area contributed by atoms with Gasteiger partial charge in [0.2, 0.25) is 5.91 Å². The van der Waals surface area contributed by atoms with E-state index in [0.717, 1.165) is 11.5 Å². The molecule has 8 heteroatoms. The summed E-state index contributed by atoms with van der Waals surface area (Å²) in [5, 5.41) is 11.8. The summed E-state index contributed by atoms with van der Waals surface area (Å²) in [6, 6.07) is 7.36. The highest BCUT2D eigenvalue weighted by molar-refractivity contribution is 5.85. The van der Waals surface area contributed by atoms with Crippen molar-refractivity contribution in [1.82, 2.24) is 10.2 Å². The molecule has 2 rings (SSSR count). The van der Waals surface area contributed by atoms with Crippen LogP contribution in [-0.2, 0) is 9.59 Å². The lowest BCUT2D eigenvalue weighted by Gasteiger charge is -2.29. The molecule has 0 spiro atoms. The molecule has 0 radical (unpaired) electrons. The highest BCUT2D eigenvalue weighted by Crippen LogP contribution is 2.18. The Balaban J connectivity index is 0.00000338. The molecule has 0 bridgehead atoms. The van der Waals surface area contributed by atoms with Gasteiger partial charge in [0.1, 0.15) is 18.1 Å². The van der Waals surface area contributed by atoms with Crippen LogP contribution in [0.1, 0.15) is 19.8 Å². The molecule has 1 heterocycles. The fourth-order valence-corrected chi connectivity index (χ4v) is 2.76. The number of rotatable bonds is 9. The van der Waals surface area contributed by atoms with Gasteiger partial charge < -0.3 is 19.9 Å². The first-order valence-electron chi connectivity index (χ1n) is 8.66. The Morgan fingerprint density at radius 1 is 1.15 bits per heavy atom. The van der Waals surface area contributed by atoms with E-state index in [4.69, 9.17) is 14.6 Å². The minimum absolute atomic E-state index is 0. The average molecular weight is 387 g/mol. The van der Waals surface area contributed by atoms with Gasteiger partial charge in [-0.1, -0.05) is 0 Å². The molecule has 2 N–H and O–H groups in total. The van der Waals surface area contributed by atoms with E-state index >= 15 is 0 Å². The Labute approximate surface area is 160 Å². The van der Waals surface area contributed by atoms with Crippen LogP contribution >= 0.6 is 12.4 Å². The van der Waals surface area contributed by atoms with Gasteiger partial charge in [-0.05, 0) is 57.1 Å². The van der Waals surface area contributed by atoms with Crippen molar-refractivity contribution in [2.45, 2.75) is 19.8 Å². The Morgan fingerprint density at radius 3 is 2.27 bits per heavy atom. The Bertz CT molecular complexity index is 559. The van der Waals surface area contributed by atoms with Crippen LogP contribution in [0.4, 0.5) is 0 Å². The molecule has 146 valence electrons. The number of aliphatic carboxylic acids is 1. The first-order chi connectivity index (χ1) is 12.1. The summed E-state index contributed by atoms with van der Waals surface area (Å²) >= 11 is 0. The quantitative estimate of drug-likeness (QED) is 0.629. The van der Waals surface area contributed by atoms with Gasteiger partial charge in [0.15, 0.2) is 0 Å². The summed E-state index contributed by atoms with van der Waals surface area (Å²) in [5.74, 6) is 0.449. The van der Waals surface area contributed by atoms with E-state index in [-0.39, 0.29) is 24.2 Å². The summed E-state index contributed by atoms with van der Waals surface area (Å²) in [4.78, 5) is 24.8. The monoisotopic (exact) mass is 386 g/mol. The number of likely N-dealkylation sites (tertiary alicyclic amines) is 1. The predicted octanol–water partition coefficient (Wildman–Crippen LogP) is 1.80. The average Bonchev–Trinajstić information content (AvgIpc) is 2.61. The van der Waals surface area contributed by atoms with E-state index < -0.39 is 5.97 Å². The number of hydrogen-bond acceptors (Lipinski definition) is 5. The zero-order valence-corrected chi connectivity index (χ0v) is 15.8. The van der Waals surface area contributed by atoms with E-state index in [1.165, 1.54) is 0 Å². The molecular formula is C18H27ClN2O5. The van der Waals surface area contributed by atoms with E-state index in [9.17, 15) is 9.59 Å². The third-order valence-corrected chi connectivity index (χ3v) is 4.13. The van der Waals surface area contributed by atoms with Crippen LogP contribution in [0.25, 0.3) is 0 Å². The van der Waals surface area contributed by atoms with Crippen LogP contribution in [-0.4, -0.2) is 61.3 Å². The van der Waals surface area contributed by atoms with Gasteiger partial charge in [-0.25, -0.2) is 0 Å². The van der Waals surface area contributed by atoms with Gasteiger partial charge in [-0.2, -0.15) is 0 Å². The van der Waals surface area contributed by atoms with Crippen LogP contribution in [0.3, 0.4) is 0 Å². The Hall–Kier alpha value is -1.99. The lowest BCUT2D eigenvalue weighted by molar-refractivity contribution is -0.143. The molecule has 7 nitrogen and oxygen atoms in total. The van der Waals surface area contributed by atoms with Crippen LogP contribution in [0.2, 0.25) is 0 Å². The van der Waals surface area contributed by atoms with Gasteiger partial charge in [-0.15, -0.1) is 12.4 Å². The molecule has 0 aromatic heterocycles. The summed E-state index contributed by atoms with van der Waals surface area (Å²) in [5.41, 5.74) is 0. The lowest BCUT2D eigenvalue weighted by atomic mass is 9.97. The Morgan fingerprint density at radius 2 is 1.73 bits per heavy atom. The van der Waals surface area contributed by atoms with E-state index in [0.29, 0.717) is 52.2 Å². The molecule has 1 aromatic rings. The smallest absolute Gasteiger partial charge is 0.306 e. The standard InChI is InChI=1S/C18H26N2O5.ClH/c1-2-24-15-3-5-16(6-4-15)25-12-9-19-17(21)13-20-10-7-14(8-11-20)18(22)23;/h3-6,14H,2,7-13H2,1H3,(H,19,21)(H,22,23);1H. The number of carboxylic acids is 1. The van der Waals surface area contributed by atoms with Gasteiger partial charge in [0.05, 0.1) is 25.6 Å². The molecule has 1 fully saturated rings. The summed E-state index contributed by atoms with van der Waals surface area (Å²) in [7, 11) is 0. The van der Waals surface area contributed by atoms with Crippen LogP contribution in [0, 0.1) is 5.92 Å². The first kappa shape index (κ1) is 22.1. The van der Waals surface area contributed by atoms with E-state index in [1.54, 1.807) is 0 Å². The number of nitrogens with one attached hydrogen (secondary N) is 1. The van der Waals surface area contributed by atoms with Gasteiger partial charge in [0.25, 0.3) is 0 Å². The molecule has 0 saturated carbocycles. The first-order valence-corrected chi connectivity index (χ1v) is 8.66. The van der Waals surface area contributed by atoms with Gasteiger partial charge >= 0.3 is 5.97 Å². The number of nitrogens with zero attached hydrogens (tertiary/aromatic N) is 1. The third kappa shape index (κ3) is 7.49. The maximum Gasteiger partial charge on any atom is 0.306 e. The normalized spacial score (nSPS) is 15.0. The lowest BCUT2D eigenvalue weighted by Crippen LogP contribution is -2.43. The second kappa shape index (κ2) is 11.6. The second-order valence-electron chi connectivity index (χ2n) is 5.99. The molecule has 1 amide bonds. The van der Waals surface area contributed by atoms with Gasteiger partial charge in [0, 0.05) is 0 Å². The van der Waals surface area contributed by atoms with E-state index in [1.807, 2.05) is 36.1 Å². The minimum Gasteiger partial charge on any atom is -0.494 e. The number of halogens is 1. The van der Waals surface area contributed by atoms with E-state index in [2.05, 4.69) is 5.32 Å². The van der Waals surface area contributed by atoms with Crippen molar-refractivity contribution in [3.05, 3.63) is 24.3 Å². The SMILES string of the molecule is CCOc1ccc(OCCNC(=O)CN2CCC(C(=O)O)CC2)cc1.Cl. The van der Waals surface area contributed by atoms with Crippen molar-refractivity contribution in [3.63, 3.8) is 0 Å². The molecule has 1 aliphatic rings. The number of carboxylic acid groups (broad SMARTS) is 1. The number of ether oxygens (including phenoxy) is 2. The highest BCUT2D eigenvalue weighted by Gasteiger charge is 2.25. The number of carbonyl (C=O) groups is 2. The zero-order valence-electron chi connectivity index (χ0n) is 15.0. The Kier molecular flexibility index (Phi) is 9.83. The predicted molar refractivity (Wildman–Crippen MR) is 100 cm³/mol. The maximum atomic E-state index is 11.9. The minimum atomic E-state index is -0.740. The molecular weight excluding hydrogens is 360 g/mol. The van der Waals surface area contributed by atoms with Crippen molar-refractivity contribution >= 4 is 24.3 Å². The highest BCUT2D eigenvalue weighted by atomic mass is 35.5. The van der Waals surface area contributed by atoms with Crippen LogP contribution < -0.4 is 14.8 Å². The van der Waals surface area contributed by atoms with Crippen molar-refractivity contribution in [2.75, 3.05) is 39.4 Å². The zero-order chi connectivity index (χ0) is 18.1. The van der Waals surface area contributed by atoms with Crippen molar-refractivity contribution < 1.29 is 24.2 Å². The number of amides is 1. The largest absolute Gasteiger partial charge is 0.494 e. The maximum absolute atomic E-state index is 11.9. The van der Waals surface area contributed by atoms with Crippen LogP contribution in [0.5, 0.6) is 11.5 Å². The molecule has 1 saturated heterocycles. The topological polar surface area (TPSA) is 88.1 Å². The van der Waals surface area contributed by atoms with Crippen molar-refractivity contribution in [3.8, 4) is 11.5 Å². The number of piperidine rings is 1. The number of benzene rings is 1. The molecule has 26 heavy (non-hydrogen) atoms. The summed E-state index contributed by atoms with van der Waals surface area (Å²) in [6.07, 6.45) is 1.20. The molecule has 0 aliphatic carbocycles. The second-order valence-corrected chi connectivity index (χ2v) is 5.99. The third-order valence-electron chi connectivity index (χ3n) is 4.13. The van der Waals surface area contributed by atoms with Gasteiger partial charge in [-0.3, -0.25) is 14.5 Å². The van der Waals surface area contributed by atoms with Crippen LogP contribution in [0.15, 0.2) is 24.3 Å². The fourth-order valence-electron chi connectivity index (χ4n) is 2.76. The molecule has 0 unspecified atom stereocenters. The molecule has 0 atom stereocenters. The molecule has 1 aliphatic heterocycles. The number of carbonyl (C=O) groups excluding carboxylic acids is 1. The summed E-state index contributed by atoms with van der Waals surface area (Å²) < 4.78 is 10.9.